The van der Waals surface area contributed by atoms with E-state index in [2.05, 4.69) is 0 Å². The van der Waals surface area contributed by atoms with Crippen molar-refractivity contribution < 1.29 is 9.53 Å². The Bertz CT molecular complexity index is 749. The van der Waals surface area contributed by atoms with Gasteiger partial charge in [-0.15, -0.1) is 0 Å². The van der Waals surface area contributed by atoms with Crippen LogP contribution < -0.4 is 4.74 Å². The Morgan fingerprint density at radius 3 is 1.92 bits per heavy atom. The Labute approximate surface area is 142 Å². The lowest BCUT2D eigenvalue weighted by molar-refractivity contribution is -0.109. The van der Waals surface area contributed by atoms with Gasteiger partial charge >= 0.3 is 0 Å². The smallest absolute Gasteiger partial charge is 0.127 e. The molecule has 2 nitrogen and oxygen atoms in total. The zero-order valence-electron chi connectivity index (χ0n) is 13.5. The number of carbonyl (C=O) groups excluding carboxylic acids is 1. The molecule has 3 aromatic rings. The van der Waals surface area contributed by atoms with E-state index in [-0.39, 0.29) is 5.92 Å². The van der Waals surface area contributed by atoms with Crippen molar-refractivity contribution in [3.63, 3.8) is 0 Å². The first-order chi connectivity index (χ1) is 11.8. The highest BCUT2D eigenvalue weighted by molar-refractivity contribution is 5.63. The first-order valence-electron chi connectivity index (χ1n) is 8.11. The largest absolute Gasteiger partial charge is 0.489 e. The molecule has 0 saturated carbocycles. The molecule has 0 radical (unpaired) electrons. The minimum absolute atomic E-state index is 0.129. The summed E-state index contributed by atoms with van der Waals surface area (Å²) < 4.78 is 5.79. The minimum atomic E-state index is -0.129. The highest BCUT2D eigenvalue weighted by Gasteiger charge is 2.11. The van der Waals surface area contributed by atoms with E-state index in [9.17, 15) is 4.79 Å². The number of ether oxygens (including phenoxy) is 1. The maximum absolute atomic E-state index is 11.5. The van der Waals surface area contributed by atoms with Crippen LogP contribution in [0.4, 0.5) is 0 Å². The lowest BCUT2D eigenvalue weighted by Crippen LogP contribution is -2.04. The number of rotatable bonds is 7. The summed E-state index contributed by atoms with van der Waals surface area (Å²) in [4.78, 5) is 11.5. The van der Waals surface area contributed by atoms with Gasteiger partial charge in [0.2, 0.25) is 0 Å². The SMILES string of the molecule is O=CC(Cc1ccccc1)c1ccc(OCc2ccccc2)cc1. The Morgan fingerprint density at radius 2 is 1.33 bits per heavy atom. The summed E-state index contributed by atoms with van der Waals surface area (Å²) in [5.41, 5.74) is 3.32. The predicted molar refractivity (Wildman–Crippen MR) is 96.2 cm³/mol. The van der Waals surface area contributed by atoms with E-state index in [4.69, 9.17) is 4.74 Å². The number of carbonyl (C=O) groups is 1. The van der Waals surface area contributed by atoms with Gasteiger partial charge in [0.15, 0.2) is 0 Å². The Morgan fingerprint density at radius 1 is 0.750 bits per heavy atom. The van der Waals surface area contributed by atoms with Crippen molar-refractivity contribution in [2.75, 3.05) is 0 Å². The van der Waals surface area contributed by atoms with Gasteiger partial charge in [-0.05, 0) is 35.2 Å². The van der Waals surface area contributed by atoms with Crippen LogP contribution in [0.15, 0.2) is 84.9 Å². The van der Waals surface area contributed by atoms with E-state index < -0.39 is 0 Å². The molecule has 0 aromatic heterocycles. The third-order valence-electron chi connectivity index (χ3n) is 4.02. The van der Waals surface area contributed by atoms with Gasteiger partial charge in [-0.1, -0.05) is 72.8 Å². The molecule has 1 unspecified atom stereocenters. The lowest BCUT2D eigenvalue weighted by Gasteiger charge is -2.12. The van der Waals surface area contributed by atoms with Gasteiger partial charge in [0.1, 0.15) is 18.6 Å². The Kier molecular flexibility index (Phi) is 5.41. The number of benzene rings is 3. The summed E-state index contributed by atoms with van der Waals surface area (Å²) in [6, 6.07) is 28.0. The Balaban J connectivity index is 1.63. The molecule has 120 valence electrons. The Hall–Kier alpha value is -2.87. The maximum atomic E-state index is 11.5. The van der Waals surface area contributed by atoms with Gasteiger partial charge in [-0.25, -0.2) is 0 Å². The fraction of sp³-hybridized carbons (Fsp3) is 0.136. The molecule has 0 N–H and O–H groups in total. The summed E-state index contributed by atoms with van der Waals surface area (Å²) in [5, 5.41) is 0. The fourth-order valence-electron chi connectivity index (χ4n) is 2.66. The predicted octanol–water partition coefficient (Wildman–Crippen LogP) is 4.79. The molecule has 2 heteroatoms. The summed E-state index contributed by atoms with van der Waals surface area (Å²) in [6.07, 6.45) is 1.74. The molecule has 1 atom stereocenters. The molecule has 24 heavy (non-hydrogen) atoms. The van der Waals surface area contributed by atoms with Gasteiger partial charge in [-0.3, -0.25) is 0 Å². The van der Waals surface area contributed by atoms with Crippen molar-refractivity contribution in [1.29, 1.82) is 0 Å². The van der Waals surface area contributed by atoms with Crippen LogP contribution in [-0.2, 0) is 17.8 Å². The average molecular weight is 316 g/mol. The van der Waals surface area contributed by atoms with Crippen molar-refractivity contribution in [2.45, 2.75) is 18.9 Å². The summed E-state index contributed by atoms with van der Waals surface area (Å²) in [5.74, 6) is 0.683. The van der Waals surface area contributed by atoms with E-state index in [1.807, 2.05) is 84.9 Å². The van der Waals surface area contributed by atoms with Crippen molar-refractivity contribution in [2.24, 2.45) is 0 Å². The topological polar surface area (TPSA) is 26.3 Å². The second-order valence-corrected chi connectivity index (χ2v) is 5.78. The number of hydrogen-bond donors (Lipinski definition) is 0. The van der Waals surface area contributed by atoms with Crippen LogP contribution in [0.2, 0.25) is 0 Å². The van der Waals surface area contributed by atoms with Crippen LogP contribution in [0, 0.1) is 0 Å². The molecule has 0 fully saturated rings. The van der Waals surface area contributed by atoms with Crippen LogP contribution in [0.5, 0.6) is 5.75 Å². The van der Waals surface area contributed by atoms with E-state index in [0.717, 1.165) is 23.2 Å². The van der Waals surface area contributed by atoms with Gasteiger partial charge in [0.25, 0.3) is 0 Å². The van der Waals surface area contributed by atoms with Crippen molar-refractivity contribution >= 4 is 6.29 Å². The fourth-order valence-corrected chi connectivity index (χ4v) is 2.66. The first-order valence-corrected chi connectivity index (χ1v) is 8.11. The molecule has 0 aliphatic carbocycles. The van der Waals surface area contributed by atoms with Crippen molar-refractivity contribution in [3.8, 4) is 5.75 Å². The second-order valence-electron chi connectivity index (χ2n) is 5.78. The molecule has 0 saturated heterocycles. The van der Waals surface area contributed by atoms with Crippen molar-refractivity contribution in [3.05, 3.63) is 102 Å². The highest BCUT2D eigenvalue weighted by atomic mass is 16.5. The van der Waals surface area contributed by atoms with Crippen LogP contribution >= 0.6 is 0 Å². The van der Waals surface area contributed by atoms with Crippen LogP contribution in [0.25, 0.3) is 0 Å². The van der Waals surface area contributed by atoms with Crippen molar-refractivity contribution in [1.82, 2.24) is 0 Å². The molecule has 0 heterocycles. The quantitative estimate of drug-likeness (QED) is 0.586. The van der Waals surface area contributed by atoms with E-state index in [1.165, 1.54) is 5.56 Å². The molecular weight excluding hydrogens is 296 g/mol. The summed E-state index contributed by atoms with van der Waals surface area (Å²) in [6.45, 7) is 0.543. The zero-order chi connectivity index (χ0) is 16.6. The molecule has 0 amide bonds. The zero-order valence-corrected chi connectivity index (χ0v) is 13.5. The van der Waals surface area contributed by atoms with Crippen LogP contribution in [0.3, 0.4) is 0 Å². The van der Waals surface area contributed by atoms with Gasteiger partial charge in [0.05, 0.1) is 0 Å². The summed E-state index contributed by atoms with van der Waals surface area (Å²) in [7, 11) is 0. The maximum Gasteiger partial charge on any atom is 0.127 e. The molecule has 0 aliphatic rings. The van der Waals surface area contributed by atoms with Gasteiger partial charge in [0, 0.05) is 5.92 Å². The standard InChI is InChI=1S/C22H20O2/c23-16-21(15-18-7-3-1-4-8-18)20-11-13-22(14-12-20)24-17-19-9-5-2-6-10-19/h1-14,16,21H,15,17H2. The number of aldehydes is 1. The van der Waals surface area contributed by atoms with Crippen LogP contribution in [-0.4, -0.2) is 6.29 Å². The average Bonchev–Trinajstić information content (AvgIpc) is 2.67. The summed E-state index contributed by atoms with van der Waals surface area (Å²) >= 11 is 0. The monoisotopic (exact) mass is 316 g/mol. The highest BCUT2D eigenvalue weighted by Crippen LogP contribution is 2.22. The first kappa shape index (κ1) is 16.0. The molecule has 3 rings (SSSR count). The van der Waals surface area contributed by atoms with Gasteiger partial charge in [-0.2, -0.15) is 0 Å². The third-order valence-corrected chi connectivity index (χ3v) is 4.02. The molecular formula is C22H20O2. The van der Waals surface area contributed by atoms with Crippen LogP contribution in [0.1, 0.15) is 22.6 Å². The molecule has 3 aromatic carbocycles. The minimum Gasteiger partial charge on any atom is -0.489 e. The van der Waals surface area contributed by atoms with E-state index >= 15 is 0 Å². The second kappa shape index (κ2) is 8.11. The normalized spacial score (nSPS) is 11.7. The van der Waals surface area contributed by atoms with Gasteiger partial charge < -0.3 is 9.53 Å². The third kappa shape index (κ3) is 4.32. The van der Waals surface area contributed by atoms with E-state index in [1.54, 1.807) is 0 Å². The number of hydrogen-bond acceptors (Lipinski definition) is 2. The molecule has 0 spiro atoms. The lowest BCUT2D eigenvalue weighted by atomic mass is 9.93. The van der Waals surface area contributed by atoms with E-state index in [0.29, 0.717) is 13.0 Å². The molecule has 0 bridgehead atoms. The molecule has 0 aliphatic heterocycles.